The highest BCUT2D eigenvalue weighted by atomic mass is 16.5. The van der Waals surface area contributed by atoms with Gasteiger partial charge < -0.3 is 10.1 Å². The van der Waals surface area contributed by atoms with Gasteiger partial charge in [-0.3, -0.25) is 14.9 Å². The van der Waals surface area contributed by atoms with Crippen LogP contribution in [0.25, 0.3) is 0 Å². The quantitative estimate of drug-likeness (QED) is 0.578. The van der Waals surface area contributed by atoms with Crippen LogP contribution in [0.1, 0.15) is 20.3 Å². The Kier molecular flexibility index (Phi) is 6.74. The van der Waals surface area contributed by atoms with Gasteiger partial charge in [-0.2, -0.15) is 0 Å². The van der Waals surface area contributed by atoms with Gasteiger partial charge in [-0.25, -0.2) is 0 Å². The standard InChI is InChI=1S/C9H18N2O3/c1-4-7(9(13)14-3)11-6-8(12)10-5-2/h7,11H,4-6H2,1-3H3,(H,10,12). The lowest BCUT2D eigenvalue weighted by atomic mass is 10.2. The molecule has 0 aliphatic carbocycles. The molecule has 0 aromatic heterocycles. The lowest BCUT2D eigenvalue weighted by Gasteiger charge is -2.13. The maximum Gasteiger partial charge on any atom is 0.322 e. The van der Waals surface area contributed by atoms with Crippen LogP contribution in [0.15, 0.2) is 0 Å². The molecular formula is C9H18N2O3. The minimum atomic E-state index is -0.400. The summed E-state index contributed by atoms with van der Waals surface area (Å²) in [4.78, 5) is 22.1. The normalized spacial score (nSPS) is 11.9. The van der Waals surface area contributed by atoms with E-state index in [0.29, 0.717) is 13.0 Å². The summed E-state index contributed by atoms with van der Waals surface area (Å²) in [6, 6.07) is -0.400. The molecule has 1 unspecified atom stereocenters. The van der Waals surface area contributed by atoms with Gasteiger partial charge in [-0.05, 0) is 13.3 Å². The van der Waals surface area contributed by atoms with Crippen LogP contribution in [0.4, 0.5) is 0 Å². The van der Waals surface area contributed by atoms with Crippen LogP contribution in [0.3, 0.4) is 0 Å². The van der Waals surface area contributed by atoms with Crippen LogP contribution in [-0.2, 0) is 14.3 Å². The van der Waals surface area contributed by atoms with E-state index in [1.807, 2.05) is 13.8 Å². The summed E-state index contributed by atoms with van der Waals surface area (Å²) < 4.78 is 4.56. The monoisotopic (exact) mass is 202 g/mol. The molecule has 0 bridgehead atoms. The fraction of sp³-hybridized carbons (Fsp3) is 0.778. The average molecular weight is 202 g/mol. The van der Waals surface area contributed by atoms with Crippen molar-refractivity contribution in [2.75, 3.05) is 20.2 Å². The van der Waals surface area contributed by atoms with Crippen molar-refractivity contribution in [2.45, 2.75) is 26.3 Å². The van der Waals surface area contributed by atoms with E-state index in [9.17, 15) is 9.59 Å². The fourth-order valence-corrected chi connectivity index (χ4v) is 1.01. The number of methoxy groups -OCH3 is 1. The van der Waals surface area contributed by atoms with Crippen LogP contribution in [0.2, 0.25) is 0 Å². The van der Waals surface area contributed by atoms with Crippen molar-refractivity contribution in [3.8, 4) is 0 Å². The fourth-order valence-electron chi connectivity index (χ4n) is 1.01. The number of carbonyl (C=O) groups is 2. The first kappa shape index (κ1) is 12.9. The zero-order chi connectivity index (χ0) is 11.0. The Morgan fingerprint density at radius 1 is 1.36 bits per heavy atom. The molecule has 0 radical (unpaired) electrons. The SMILES string of the molecule is CCNC(=O)CNC(CC)C(=O)OC. The van der Waals surface area contributed by atoms with Crippen molar-refractivity contribution in [1.29, 1.82) is 0 Å². The maximum atomic E-state index is 11.1. The first-order chi connectivity index (χ1) is 6.65. The molecule has 0 aromatic rings. The Hall–Kier alpha value is -1.10. The molecule has 14 heavy (non-hydrogen) atoms. The van der Waals surface area contributed by atoms with Gasteiger partial charge in [0.25, 0.3) is 0 Å². The summed E-state index contributed by atoms with van der Waals surface area (Å²) >= 11 is 0. The average Bonchev–Trinajstić information content (AvgIpc) is 2.18. The maximum absolute atomic E-state index is 11.1. The number of hydrogen-bond acceptors (Lipinski definition) is 4. The molecule has 5 nitrogen and oxygen atoms in total. The van der Waals surface area contributed by atoms with Gasteiger partial charge in [0.15, 0.2) is 0 Å². The second-order valence-electron chi connectivity index (χ2n) is 2.82. The number of nitrogens with one attached hydrogen (secondary N) is 2. The number of carbonyl (C=O) groups excluding carboxylic acids is 2. The number of esters is 1. The molecule has 5 heteroatoms. The first-order valence-electron chi connectivity index (χ1n) is 4.73. The molecule has 0 fully saturated rings. The number of likely N-dealkylation sites (N-methyl/N-ethyl adjacent to an activating group) is 1. The molecule has 0 spiro atoms. The molecule has 0 rings (SSSR count). The largest absolute Gasteiger partial charge is 0.468 e. The lowest BCUT2D eigenvalue weighted by molar-refractivity contribution is -0.143. The molecule has 0 saturated heterocycles. The molecule has 1 atom stereocenters. The third-order valence-electron chi connectivity index (χ3n) is 1.78. The van der Waals surface area contributed by atoms with E-state index in [1.165, 1.54) is 7.11 Å². The molecule has 0 aromatic carbocycles. The lowest BCUT2D eigenvalue weighted by Crippen LogP contribution is -2.43. The number of rotatable bonds is 6. The summed E-state index contributed by atoms with van der Waals surface area (Å²) in [6.07, 6.45) is 0.603. The van der Waals surface area contributed by atoms with Crippen molar-refractivity contribution >= 4 is 11.9 Å². The van der Waals surface area contributed by atoms with E-state index in [0.717, 1.165) is 0 Å². The number of amides is 1. The minimum Gasteiger partial charge on any atom is -0.468 e. The van der Waals surface area contributed by atoms with Gasteiger partial charge >= 0.3 is 5.97 Å². The molecule has 0 saturated carbocycles. The molecule has 2 N–H and O–H groups in total. The van der Waals surface area contributed by atoms with Gasteiger partial charge in [0.1, 0.15) is 6.04 Å². The third-order valence-corrected chi connectivity index (χ3v) is 1.78. The van der Waals surface area contributed by atoms with Gasteiger partial charge in [-0.1, -0.05) is 6.92 Å². The highest BCUT2D eigenvalue weighted by molar-refractivity contribution is 5.80. The third kappa shape index (κ3) is 4.81. The van der Waals surface area contributed by atoms with Gasteiger partial charge in [-0.15, -0.1) is 0 Å². The van der Waals surface area contributed by atoms with E-state index < -0.39 is 6.04 Å². The second-order valence-corrected chi connectivity index (χ2v) is 2.82. The van der Waals surface area contributed by atoms with Crippen LogP contribution < -0.4 is 10.6 Å². The van der Waals surface area contributed by atoms with Crippen molar-refractivity contribution in [1.82, 2.24) is 10.6 Å². The molecule has 82 valence electrons. The van der Waals surface area contributed by atoms with E-state index in [1.54, 1.807) is 0 Å². The van der Waals surface area contributed by atoms with E-state index >= 15 is 0 Å². The van der Waals surface area contributed by atoms with Gasteiger partial charge in [0, 0.05) is 6.54 Å². The zero-order valence-corrected chi connectivity index (χ0v) is 8.92. The molecule has 0 aliphatic rings. The van der Waals surface area contributed by atoms with Crippen molar-refractivity contribution in [3.05, 3.63) is 0 Å². The zero-order valence-electron chi connectivity index (χ0n) is 8.92. The predicted molar refractivity (Wildman–Crippen MR) is 52.8 cm³/mol. The number of hydrogen-bond donors (Lipinski definition) is 2. The predicted octanol–water partition coefficient (Wildman–Crippen LogP) is -0.336. The van der Waals surface area contributed by atoms with E-state index in [-0.39, 0.29) is 18.4 Å². The van der Waals surface area contributed by atoms with Crippen LogP contribution in [0.5, 0.6) is 0 Å². The Morgan fingerprint density at radius 2 is 2.00 bits per heavy atom. The van der Waals surface area contributed by atoms with Crippen LogP contribution in [0, 0.1) is 0 Å². The summed E-state index contributed by atoms with van der Waals surface area (Å²) in [5.41, 5.74) is 0. The van der Waals surface area contributed by atoms with Crippen molar-refractivity contribution in [2.24, 2.45) is 0 Å². The van der Waals surface area contributed by atoms with Gasteiger partial charge in [0.05, 0.1) is 13.7 Å². The Balaban J connectivity index is 3.83. The van der Waals surface area contributed by atoms with Crippen LogP contribution in [-0.4, -0.2) is 38.1 Å². The summed E-state index contributed by atoms with van der Waals surface area (Å²) in [5.74, 6) is -0.452. The van der Waals surface area contributed by atoms with Gasteiger partial charge in [0.2, 0.25) is 5.91 Å². The summed E-state index contributed by atoms with van der Waals surface area (Å²) in [7, 11) is 1.33. The topological polar surface area (TPSA) is 67.4 Å². The second kappa shape index (κ2) is 7.32. The Bertz CT molecular complexity index is 194. The number of ether oxygens (including phenoxy) is 1. The highest BCUT2D eigenvalue weighted by Crippen LogP contribution is 1.92. The first-order valence-corrected chi connectivity index (χ1v) is 4.73. The molecule has 0 aliphatic heterocycles. The molecular weight excluding hydrogens is 184 g/mol. The Morgan fingerprint density at radius 3 is 2.43 bits per heavy atom. The van der Waals surface area contributed by atoms with E-state index in [2.05, 4.69) is 15.4 Å². The smallest absolute Gasteiger partial charge is 0.322 e. The molecule has 1 amide bonds. The minimum absolute atomic E-state index is 0.116. The van der Waals surface area contributed by atoms with Crippen molar-refractivity contribution in [3.63, 3.8) is 0 Å². The highest BCUT2D eigenvalue weighted by Gasteiger charge is 2.16. The summed E-state index contributed by atoms with van der Waals surface area (Å²) in [5, 5.41) is 5.45. The van der Waals surface area contributed by atoms with E-state index in [4.69, 9.17) is 0 Å². The van der Waals surface area contributed by atoms with Crippen molar-refractivity contribution < 1.29 is 14.3 Å². The Labute approximate surface area is 84.2 Å². The van der Waals surface area contributed by atoms with Crippen LogP contribution >= 0.6 is 0 Å². The molecule has 0 heterocycles. The summed E-state index contributed by atoms with van der Waals surface area (Å²) in [6.45, 7) is 4.43.